The number of aromatic nitrogens is 2. The Hall–Kier alpha value is -2.11. The van der Waals surface area contributed by atoms with Gasteiger partial charge in [0.2, 0.25) is 5.82 Å². The van der Waals surface area contributed by atoms with Crippen molar-refractivity contribution >= 4 is 24.1 Å². The molecule has 1 aromatic rings. The van der Waals surface area contributed by atoms with Crippen LogP contribution in [0.1, 0.15) is 34.6 Å². The molecule has 1 rings (SSSR count). The highest BCUT2D eigenvalue weighted by molar-refractivity contribution is 5.83. The van der Waals surface area contributed by atoms with Gasteiger partial charge in [-0.3, -0.25) is 10.1 Å². The first-order chi connectivity index (χ1) is 8.76. The molecule has 1 amide bonds. The molecule has 0 aliphatic rings. The number of anilines is 1. The molecule has 6 heteroatoms. The summed E-state index contributed by atoms with van der Waals surface area (Å²) < 4.78 is 5.07. The van der Waals surface area contributed by atoms with Crippen LogP contribution < -0.4 is 21.6 Å². The average Bonchev–Trinajstić information content (AvgIpc) is 2.28. The van der Waals surface area contributed by atoms with Crippen LogP contribution in [-0.4, -0.2) is 21.7 Å². The van der Waals surface area contributed by atoms with Gasteiger partial charge in [-0.1, -0.05) is 12.2 Å². The summed E-state index contributed by atoms with van der Waals surface area (Å²) in [6, 6.07) is 0. The van der Waals surface area contributed by atoms with Crippen LogP contribution >= 0.6 is 0 Å². The molecule has 0 aromatic carbocycles. The molecule has 0 bridgehead atoms. The molecule has 0 spiro atoms. The van der Waals surface area contributed by atoms with Crippen LogP contribution in [0.3, 0.4) is 0 Å². The van der Waals surface area contributed by atoms with Gasteiger partial charge in [0.05, 0.1) is 10.7 Å². The summed E-state index contributed by atoms with van der Waals surface area (Å²) in [7, 11) is 0. The van der Waals surface area contributed by atoms with E-state index in [1.165, 1.54) is 0 Å². The number of hydrogen-bond donors (Lipinski definition) is 2. The van der Waals surface area contributed by atoms with Gasteiger partial charge in [-0.25, -0.2) is 9.78 Å². The lowest BCUT2D eigenvalue weighted by atomic mass is 10.2. The van der Waals surface area contributed by atoms with Crippen molar-refractivity contribution in [3.8, 4) is 0 Å². The van der Waals surface area contributed by atoms with E-state index in [0.29, 0.717) is 10.7 Å². The first-order valence-corrected chi connectivity index (χ1v) is 6.00. The second-order valence-corrected chi connectivity index (χ2v) is 4.92. The molecule has 1 aromatic heterocycles. The lowest BCUT2D eigenvalue weighted by Gasteiger charge is -2.19. The fraction of sp³-hybridized carbons (Fsp3) is 0.462. The Labute approximate surface area is 111 Å². The average molecular weight is 265 g/mol. The Morgan fingerprint density at radius 2 is 1.95 bits per heavy atom. The standard InChI is InChI=1S/C13H19N3O3/c1-6-8-9(7-2)15-11(17)10(14-8)16-12(18)19-13(3,4)5/h6-7H,1-5H3,(H,15,17)(H,14,16,18)/b8-6+,9-7+. The number of hydrogen-bond acceptors (Lipinski definition) is 4. The number of carbonyl (C=O) groups is 1. The van der Waals surface area contributed by atoms with Crippen LogP contribution in [0.2, 0.25) is 0 Å². The quantitative estimate of drug-likeness (QED) is 0.783. The topological polar surface area (TPSA) is 84.1 Å². The van der Waals surface area contributed by atoms with Crippen molar-refractivity contribution in [3.63, 3.8) is 0 Å². The van der Waals surface area contributed by atoms with Gasteiger partial charge in [0, 0.05) is 0 Å². The van der Waals surface area contributed by atoms with Gasteiger partial charge < -0.3 is 9.72 Å². The van der Waals surface area contributed by atoms with Crippen LogP contribution in [-0.2, 0) is 4.74 Å². The van der Waals surface area contributed by atoms with Gasteiger partial charge in [-0.2, -0.15) is 0 Å². The predicted octanol–water partition coefficient (Wildman–Crippen LogP) is 0.718. The molecule has 2 N–H and O–H groups in total. The maximum atomic E-state index is 11.7. The van der Waals surface area contributed by atoms with Gasteiger partial charge in [0.25, 0.3) is 5.56 Å². The van der Waals surface area contributed by atoms with Crippen molar-refractivity contribution in [1.82, 2.24) is 9.97 Å². The number of ether oxygens (including phenoxy) is 1. The Morgan fingerprint density at radius 3 is 2.42 bits per heavy atom. The number of rotatable bonds is 1. The minimum absolute atomic E-state index is 0.0760. The second kappa shape index (κ2) is 5.69. The van der Waals surface area contributed by atoms with Gasteiger partial charge in [0.1, 0.15) is 5.60 Å². The molecule has 0 saturated carbocycles. The number of amides is 1. The minimum Gasteiger partial charge on any atom is -0.444 e. The van der Waals surface area contributed by atoms with E-state index in [0.717, 1.165) is 0 Å². The van der Waals surface area contributed by atoms with Crippen molar-refractivity contribution in [2.75, 3.05) is 5.32 Å². The summed E-state index contributed by atoms with van der Waals surface area (Å²) in [5.74, 6) is -0.0760. The highest BCUT2D eigenvalue weighted by atomic mass is 16.6. The largest absolute Gasteiger partial charge is 0.444 e. The predicted molar refractivity (Wildman–Crippen MR) is 74.2 cm³/mol. The summed E-state index contributed by atoms with van der Waals surface area (Å²) in [4.78, 5) is 30.1. The monoisotopic (exact) mass is 265 g/mol. The molecule has 0 radical (unpaired) electrons. The Balaban J connectivity index is 3.11. The number of nitrogens with zero attached hydrogens (tertiary/aromatic N) is 1. The summed E-state index contributed by atoms with van der Waals surface area (Å²) in [5, 5.41) is 3.55. The minimum atomic E-state index is -0.708. The molecule has 0 atom stereocenters. The SMILES string of the molecule is C/C=c1/nc(NC(=O)OC(C)(C)C)c(=O)[nH]/c1=C/C. The molecule has 0 aliphatic carbocycles. The van der Waals surface area contributed by atoms with Crippen molar-refractivity contribution < 1.29 is 9.53 Å². The van der Waals surface area contributed by atoms with Gasteiger partial charge in [-0.15, -0.1) is 0 Å². The molecule has 19 heavy (non-hydrogen) atoms. The van der Waals surface area contributed by atoms with E-state index in [1.807, 2.05) is 0 Å². The highest BCUT2D eigenvalue weighted by Gasteiger charge is 2.17. The van der Waals surface area contributed by atoms with E-state index in [9.17, 15) is 9.59 Å². The van der Waals surface area contributed by atoms with E-state index in [2.05, 4.69) is 15.3 Å². The molecule has 6 nitrogen and oxygen atoms in total. The zero-order valence-corrected chi connectivity index (χ0v) is 11.8. The third-order valence-corrected chi connectivity index (χ3v) is 2.15. The van der Waals surface area contributed by atoms with E-state index >= 15 is 0 Å². The zero-order chi connectivity index (χ0) is 14.6. The number of carbonyl (C=O) groups excluding carboxylic acids is 1. The van der Waals surface area contributed by atoms with E-state index < -0.39 is 17.3 Å². The van der Waals surface area contributed by atoms with Crippen molar-refractivity contribution in [2.24, 2.45) is 0 Å². The number of nitrogens with one attached hydrogen (secondary N) is 2. The Bertz CT molecular complexity index is 639. The number of H-pyrrole nitrogens is 1. The van der Waals surface area contributed by atoms with Crippen molar-refractivity contribution in [2.45, 2.75) is 40.2 Å². The maximum Gasteiger partial charge on any atom is 0.413 e. The van der Waals surface area contributed by atoms with Crippen LogP contribution in [0.25, 0.3) is 12.2 Å². The molecular formula is C13H19N3O3. The van der Waals surface area contributed by atoms with E-state index in [-0.39, 0.29) is 5.82 Å². The molecule has 0 unspecified atom stereocenters. The second-order valence-electron chi connectivity index (χ2n) is 4.92. The zero-order valence-electron chi connectivity index (χ0n) is 11.8. The smallest absolute Gasteiger partial charge is 0.413 e. The normalized spacial score (nSPS) is 13.5. The molecular weight excluding hydrogens is 246 g/mol. The van der Waals surface area contributed by atoms with Gasteiger partial charge in [0.15, 0.2) is 0 Å². The highest BCUT2D eigenvalue weighted by Crippen LogP contribution is 2.07. The third-order valence-electron chi connectivity index (χ3n) is 2.15. The first-order valence-electron chi connectivity index (χ1n) is 6.00. The van der Waals surface area contributed by atoms with Crippen LogP contribution in [0.15, 0.2) is 4.79 Å². The molecule has 0 saturated heterocycles. The maximum absolute atomic E-state index is 11.7. The van der Waals surface area contributed by atoms with Crippen molar-refractivity contribution in [3.05, 3.63) is 21.1 Å². The van der Waals surface area contributed by atoms with Crippen LogP contribution in [0.4, 0.5) is 10.6 Å². The van der Waals surface area contributed by atoms with Crippen LogP contribution in [0.5, 0.6) is 0 Å². The lowest BCUT2D eigenvalue weighted by molar-refractivity contribution is 0.0635. The van der Waals surface area contributed by atoms with E-state index in [4.69, 9.17) is 4.74 Å². The van der Waals surface area contributed by atoms with Crippen molar-refractivity contribution in [1.29, 1.82) is 0 Å². The molecule has 0 fully saturated rings. The fourth-order valence-electron chi connectivity index (χ4n) is 1.40. The summed E-state index contributed by atoms with van der Waals surface area (Å²) in [6.45, 7) is 8.81. The number of aromatic amines is 1. The van der Waals surface area contributed by atoms with E-state index in [1.54, 1.807) is 46.8 Å². The third kappa shape index (κ3) is 4.24. The molecule has 104 valence electrons. The summed E-state index contributed by atoms with van der Waals surface area (Å²) in [6.07, 6.45) is 2.77. The summed E-state index contributed by atoms with van der Waals surface area (Å²) in [5.41, 5.74) is -1.10. The summed E-state index contributed by atoms with van der Waals surface area (Å²) >= 11 is 0. The Kier molecular flexibility index (Phi) is 4.47. The van der Waals surface area contributed by atoms with Crippen LogP contribution in [0, 0.1) is 0 Å². The van der Waals surface area contributed by atoms with Gasteiger partial charge in [-0.05, 0) is 34.6 Å². The first kappa shape index (κ1) is 14.9. The molecule has 0 aliphatic heterocycles. The molecule has 1 heterocycles. The Morgan fingerprint density at radius 1 is 1.32 bits per heavy atom. The van der Waals surface area contributed by atoms with Gasteiger partial charge >= 0.3 is 6.09 Å². The lowest BCUT2D eigenvalue weighted by Crippen LogP contribution is -2.40. The fourth-order valence-corrected chi connectivity index (χ4v) is 1.40.